The van der Waals surface area contributed by atoms with Crippen LogP contribution in [-0.4, -0.2) is 28.5 Å². The van der Waals surface area contributed by atoms with E-state index in [1.54, 1.807) is 0 Å². The van der Waals surface area contributed by atoms with Crippen molar-refractivity contribution in [2.75, 3.05) is 6.61 Å². The number of nitrogens with zero attached hydrogens (tertiary/aromatic N) is 2. The van der Waals surface area contributed by atoms with Crippen molar-refractivity contribution in [3.8, 4) is 5.75 Å². The van der Waals surface area contributed by atoms with Crippen LogP contribution in [0.4, 0.5) is 5.82 Å². The van der Waals surface area contributed by atoms with Gasteiger partial charge in [-0.3, -0.25) is 4.79 Å². The minimum atomic E-state index is -0.637. The second-order valence-corrected chi connectivity index (χ2v) is 5.66. The summed E-state index contributed by atoms with van der Waals surface area (Å²) in [4.78, 5) is 25.5. The average molecular weight is 309 g/mol. The molecular weight excluding hydrogens is 286 g/mol. The molecule has 1 N–H and O–H groups in total. The first-order chi connectivity index (χ1) is 10.4. The van der Waals surface area contributed by atoms with Crippen LogP contribution < -0.4 is 10.1 Å². The van der Waals surface area contributed by atoms with Crippen LogP contribution in [0.3, 0.4) is 0 Å². The molecule has 0 saturated heterocycles. The first-order valence-electron chi connectivity index (χ1n) is 7.41. The Bertz CT molecular complexity index is 505. The number of aromatic nitrogens is 1. The van der Waals surface area contributed by atoms with Crippen LogP contribution in [0.25, 0.3) is 0 Å². The minimum Gasteiger partial charge on any atom is -0.476 e. The lowest BCUT2D eigenvalue weighted by molar-refractivity contribution is -0.390. The molecule has 0 fully saturated rings. The number of amides is 1. The molecule has 0 aromatic carbocycles. The van der Waals surface area contributed by atoms with Gasteiger partial charge in [0.2, 0.25) is 5.75 Å². The average Bonchev–Trinajstić information content (AvgIpc) is 2.44. The Kier molecular flexibility index (Phi) is 7.28. The van der Waals surface area contributed by atoms with Crippen LogP contribution in [0.15, 0.2) is 18.3 Å². The first kappa shape index (κ1) is 17.9. The summed E-state index contributed by atoms with van der Waals surface area (Å²) in [5.41, 5.74) is 0. The number of hydrogen-bond acceptors (Lipinski definition) is 5. The lowest BCUT2D eigenvalue weighted by Crippen LogP contribution is -2.36. The topological polar surface area (TPSA) is 94.4 Å². The summed E-state index contributed by atoms with van der Waals surface area (Å²) in [7, 11) is 0. The maximum atomic E-state index is 11.8. The van der Waals surface area contributed by atoms with E-state index in [0.29, 0.717) is 5.92 Å². The van der Waals surface area contributed by atoms with E-state index in [9.17, 15) is 14.9 Å². The van der Waals surface area contributed by atoms with Gasteiger partial charge in [-0.1, -0.05) is 26.7 Å². The lowest BCUT2D eigenvalue weighted by Gasteiger charge is -2.14. The van der Waals surface area contributed by atoms with Gasteiger partial charge in [0, 0.05) is 6.04 Å². The summed E-state index contributed by atoms with van der Waals surface area (Å²) in [6, 6.07) is 3.00. The number of pyridine rings is 1. The lowest BCUT2D eigenvalue weighted by atomic mass is 10.0. The standard InChI is InChI=1S/C15H23N3O4/c1-11(2)6-4-7-12(3)17-14(19)10-22-13-8-5-9-16-15(13)18(20)21/h5,8-9,11-12H,4,6-7,10H2,1-3H3,(H,17,19)/t12-/m0/s1. The van der Waals surface area contributed by atoms with Crippen molar-refractivity contribution in [1.29, 1.82) is 0 Å². The molecule has 0 spiro atoms. The smallest absolute Gasteiger partial charge is 0.406 e. The van der Waals surface area contributed by atoms with E-state index in [1.165, 1.54) is 18.3 Å². The number of nitro groups is 1. The normalized spacial score (nSPS) is 12.0. The van der Waals surface area contributed by atoms with E-state index in [0.717, 1.165) is 19.3 Å². The van der Waals surface area contributed by atoms with Crippen LogP contribution in [0.5, 0.6) is 5.75 Å². The highest BCUT2D eigenvalue weighted by Gasteiger charge is 2.17. The quantitative estimate of drug-likeness (QED) is 0.559. The number of ether oxygens (including phenoxy) is 1. The Morgan fingerprint density at radius 3 is 2.77 bits per heavy atom. The third-order valence-electron chi connectivity index (χ3n) is 3.11. The molecule has 7 heteroatoms. The van der Waals surface area contributed by atoms with E-state index >= 15 is 0 Å². The number of nitrogens with one attached hydrogen (secondary N) is 1. The van der Waals surface area contributed by atoms with Crippen molar-refractivity contribution in [2.45, 2.75) is 46.1 Å². The van der Waals surface area contributed by atoms with Gasteiger partial charge in [-0.05, 0) is 41.3 Å². The van der Waals surface area contributed by atoms with Crippen LogP contribution in [0.2, 0.25) is 0 Å². The second-order valence-electron chi connectivity index (χ2n) is 5.66. The summed E-state index contributed by atoms with van der Waals surface area (Å²) >= 11 is 0. The Morgan fingerprint density at radius 2 is 2.14 bits per heavy atom. The summed E-state index contributed by atoms with van der Waals surface area (Å²) in [6.45, 7) is 6.00. The predicted octanol–water partition coefficient (Wildman–Crippen LogP) is 2.70. The Hall–Kier alpha value is -2.18. The van der Waals surface area contributed by atoms with Crippen molar-refractivity contribution >= 4 is 11.7 Å². The van der Waals surface area contributed by atoms with Crippen LogP contribution in [0, 0.1) is 16.0 Å². The fourth-order valence-corrected chi connectivity index (χ4v) is 2.00. The molecule has 0 saturated carbocycles. The molecule has 22 heavy (non-hydrogen) atoms. The Morgan fingerprint density at radius 1 is 1.41 bits per heavy atom. The van der Waals surface area contributed by atoms with Crippen LogP contribution in [0.1, 0.15) is 40.0 Å². The van der Waals surface area contributed by atoms with Gasteiger partial charge in [-0.25, -0.2) is 0 Å². The van der Waals surface area contributed by atoms with E-state index in [4.69, 9.17) is 4.74 Å². The molecule has 0 unspecified atom stereocenters. The number of rotatable bonds is 9. The molecule has 1 heterocycles. The van der Waals surface area contributed by atoms with E-state index in [-0.39, 0.29) is 30.1 Å². The van der Waals surface area contributed by atoms with Gasteiger partial charge in [0.15, 0.2) is 6.61 Å². The number of carbonyl (C=O) groups excluding carboxylic acids is 1. The predicted molar refractivity (Wildman–Crippen MR) is 82.7 cm³/mol. The zero-order valence-electron chi connectivity index (χ0n) is 13.2. The molecule has 1 aromatic rings. The van der Waals surface area contributed by atoms with Crippen molar-refractivity contribution in [2.24, 2.45) is 5.92 Å². The summed E-state index contributed by atoms with van der Waals surface area (Å²) in [5.74, 6) is -0.0389. The molecule has 0 bridgehead atoms. The molecule has 0 aliphatic rings. The summed E-state index contributed by atoms with van der Waals surface area (Å²) in [6.07, 6.45) is 4.38. The molecule has 0 aliphatic heterocycles. The molecule has 1 atom stereocenters. The second kappa shape index (κ2) is 8.96. The summed E-state index contributed by atoms with van der Waals surface area (Å²) in [5, 5.41) is 13.6. The van der Waals surface area contributed by atoms with E-state index in [2.05, 4.69) is 24.1 Å². The minimum absolute atomic E-state index is 0.00453. The highest BCUT2D eigenvalue weighted by atomic mass is 16.6. The zero-order valence-corrected chi connectivity index (χ0v) is 13.2. The van der Waals surface area contributed by atoms with Gasteiger partial charge in [0.1, 0.15) is 6.20 Å². The zero-order chi connectivity index (χ0) is 16.5. The van der Waals surface area contributed by atoms with Crippen molar-refractivity contribution in [1.82, 2.24) is 10.3 Å². The van der Waals surface area contributed by atoms with Gasteiger partial charge >= 0.3 is 5.82 Å². The molecule has 1 aromatic heterocycles. The Labute approximate surface area is 130 Å². The fourth-order valence-electron chi connectivity index (χ4n) is 2.00. The van der Waals surface area contributed by atoms with Crippen LogP contribution >= 0.6 is 0 Å². The van der Waals surface area contributed by atoms with Crippen LogP contribution in [-0.2, 0) is 4.79 Å². The Balaban J connectivity index is 2.39. The van der Waals surface area contributed by atoms with Gasteiger partial charge in [-0.2, -0.15) is 0 Å². The molecule has 1 rings (SSSR count). The van der Waals surface area contributed by atoms with E-state index < -0.39 is 4.92 Å². The van der Waals surface area contributed by atoms with Gasteiger partial charge in [-0.15, -0.1) is 0 Å². The largest absolute Gasteiger partial charge is 0.476 e. The van der Waals surface area contributed by atoms with Crippen molar-refractivity contribution < 1.29 is 14.5 Å². The number of hydrogen-bond donors (Lipinski definition) is 1. The van der Waals surface area contributed by atoms with Crippen molar-refractivity contribution in [3.05, 3.63) is 28.4 Å². The van der Waals surface area contributed by atoms with Crippen molar-refractivity contribution in [3.63, 3.8) is 0 Å². The fraction of sp³-hybridized carbons (Fsp3) is 0.600. The third kappa shape index (κ3) is 6.51. The first-order valence-corrected chi connectivity index (χ1v) is 7.41. The van der Waals surface area contributed by atoms with Gasteiger partial charge in [0.05, 0.1) is 0 Å². The molecule has 122 valence electrons. The SMILES string of the molecule is CC(C)CCC[C@H](C)NC(=O)COc1cccnc1[N+](=O)[O-]. The maximum Gasteiger partial charge on any atom is 0.406 e. The summed E-state index contributed by atoms with van der Waals surface area (Å²) < 4.78 is 5.19. The molecule has 0 radical (unpaired) electrons. The molecule has 0 aliphatic carbocycles. The van der Waals surface area contributed by atoms with Gasteiger partial charge in [0.25, 0.3) is 5.91 Å². The molecule has 1 amide bonds. The van der Waals surface area contributed by atoms with E-state index in [1.807, 2.05) is 6.92 Å². The number of carbonyl (C=O) groups is 1. The highest BCUT2D eigenvalue weighted by Crippen LogP contribution is 2.22. The van der Waals surface area contributed by atoms with Gasteiger partial charge < -0.3 is 20.2 Å². The maximum absolute atomic E-state index is 11.8. The monoisotopic (exact) mass is 309 g/mol. The highest BCUT2D eigenvalue weighted by molar-refractivity contribution is 5.77. The third-order valence-corrected chi connectivity index (χ3v) is 3.11. The molecular formula is C15H23N3O4. The molecule has 7 nitrogen and oxygen atoms in total.